The Kier molecular flexibility index (Phi) is 7.93. The molecule has 0 fully saturated rings. The SMILES string of the molecule is CCOCC1=C[C@@H](OC(CC)CC)[C@H](NC(C)=O)[C@@H](N)C1. The van der Waals surface area contributed by atoms with Gasteiger partial charge in [-0.15, -0.1) is 0 Å². The summed E-state index contributed by atoms with van der Waals surface area (Å²) in [6.07, 6.45) is 4.71. The Labute approximate surface area is 128 Å². The molecule has 0 unspecified atom stereocenters. The highest BCUT2D eigenvalue weighted by molar-refractivity contribution is 5.73. The van der Waals surface area contributed by atoms with Crippen molar-refractivity contribution in [3.63, 3.8) is 0 Å². The minimum Gasteiger partial charge on any atom is -0.377 e. The predicted molar refractivity (Wildman–Crippen MR) is 84.0 cm³/mol. The average Bonchev–Trinajstić information content (AvgIpc) is 2.45. The van der Waals surface area contributed by atoms with E-state index in [0.717, 1.165) is 24.8 Å². The van der Waals surface area contributed by atoms with Gasteiger partial charge >= 0.3 is 0 Å². The summed E-state index contributed by atoms with van der Waals surface area (Å²) in [4.78, 5) is 11.4. The van der Waals surface area contributed by atoms with Gasteiger partial charge in [-0.05, 0) is 31.8 Å². The molecule has 0 aromatic heterocycles. The van der Waals surface area contributed by atoms with Crippen LogP contribution in [0.1, 0.15) is 47.0 Å². The van der Waals surface area contributed by atoms with Gasteiger partial charge in [-0.3, -0.25) is 4.79 Å². The molecule has 0 bridgehead atoms. The van der Waals surface area contributed by atoms with E-state index < -0.39 is 0 Å². The van der Waals surface area contributed by atoms with Crippen molar-refractivity contribution >= 4 is 5.91 Å². The lowest BCUT2D eigenvalue weighted by molar-refractivity contribution is -0.121. The molecule has 0 radical (unpaired) electrons. The van der Waals surface area contributed by atoms with E-state index in [1.165, 1.54) is 6.92 Å². The summed E-state index contributed by atoms with van der Waals surface area (Å²) in [5.74, 6) is -0.0738. The zero-order valence-electron chi connectivity index (χ0n) is 13.7. The molecule has 3 atom stereocenters. The van der Waals surface area contributed by atoms with Crippen LogP contribution in [0.3, 0.4) is 0 Å². The Balaban J connectivity index is 2.85. The summed E-state index contributed by atoms with van der Waals surface area (Å²) in [6.45, 7) is 8.96. The molecule has 5 nitrogen and oxygen atoms in total. The molecule has 3 N–H and O–H groups in total. The molecule has 1 aliphatic carbocycles. The summed E-state index contributed by atoms with van der Waals surface area (Å²) in [6, 6.07) is -0.317. The van der Waals surface area contributed by atoms with Crippen LogP contribution in [0.2, 0.25) is 0 Å². The quantitative estimate of drug-likeness (QED) is 0.670. The van der Waals surface area contributed by atoms with E-state index in [2.05, 4.69) is 25.2 Å². The smallest absolute Gasteiger partial charge is 0.217 e. The highest BCUT2D eigenvalue weighted by atomic mass is 16.5. The second kappa shape index (κ2) is 9.18. The zero-order chi connectivity index (χ0) is 15.8. The fourth-order valence-corrected chi connectivity index (χ4v) is 2.67. The lowest BCUT2D eigenvalue weighted by Crippen LogP contribution is -2.56. The maximum Gasteiger partial charge on any atom is 0.217 e. The largest absolute Gasteiger partial charge is 0.377 e. The predicted octanol–water partition coefficient (Wildman–Crippen LogP) is 1.76. The van der Waals surface area contributed by atoms with Gasteiger partial charge in [0.05, 0.1) is 24.9 Å². The Hall–Kier alpha value is -0.910. The second-order valence-electron chi connectivity index (χ2n) is 5.60. The van der Waals surface area contributed by atoms with Gasteiger partial charge in [0, 0.05) is 19.6 Å². The van der Waals surface area contributed by atoms with Crippen LogP contribution in [0, 0.1) is 0 Å². The lowest BCUT2D eigenvalue weighted by Gasteiger charge is -2.37. The van der Waals surface area contributed by atoms with Crippen LogP contribution in [0.4, 0.5) is 0 Å². The molecule has 0 aliphatic heterocycles. The molecule has 1 aliphatic rings. The van der Waals surface area contributed by atoms with E-state index in [0.29, 0.717) is 13.2 Å². The molecule has 0 heterocycles. The van der Waals surface area contributed by atoms with Crippen LogP contribution in [0.5, 0.6) is 0 Å². The number of rotatable bonds is 8. The number of carbonyl (C=O) groups is 1. The molecule has 0 saturated carbocycles. The number of nitrogens with one attached hydrogen (secondary N) is 1. The van der Waals surface area contributed by atoms with E-state index in [9.17, 15) is 4.79 Å². The van der Waals surface area contributed by atoms with E-state index in [4.69, 9.17) is 15.2 Å². The van der Waals surface area contributed by atoms with Crippen LogP contribution < -0.4 is 11.1 Å². The maximum absolute atomic E-state index is 11.4. The third-order valence-corrected chi connectivity index (χ3v) is 3.83. The number of nitrogens with two attached hydrogens (primary N) is 1. The first-order valence-electron chi connectivity index (χ1n) is 7.97. The third kappa shape index (κ3) is 5.77. The van der Waals surface area contributed by atoms with Crippen LogP contribution in [-0.4, -0.2) is 43.4 Å². The van der Waals surface area contributed by atoms with Gasteiger partial charge in [-0.2, -0.15) is 0 Å². The van der Waals surface area contributed by atoms with E-state index in [1.807, 2.05) is 6.92 Å². The molecule has 5 heteroatoms. The summed E-state index contributed by atoms with van der Waals surface area (Å²) < 4.78 is 11.6. The third-order valence-electron chi connectivity index (χ3n) is 3.83. The van der Waals surface area contributed by atoms with Gasteiger partial charge in [0.1, 0.15) is 0 Å². The maximum atomic E-state index is 11.4. The average molecular weight is 298 g/mol. The molecule has 0 spiro atoms. The summed E-state index contributed by atoms with van der Waals surface area (Å²) in [5, 5.41) is 2.94. The molecule has 21 heavy (non-hydrogen) atoms. The minimum absolute atomic E-state index is 0.0738. The van der Waals surface area contributed by atoms with Gasteiger partial charge in [-0.1, -0.05) is 19.9 Å². The molecular formula is C16H30N2O3. The number of ether oxygens (including phenoxy) is 2. The highest BCUT2D eigenvalue weighted by Crippen LogP contribution is 2.23. The lowest BCUT2D eigenvalue weighted by atomic mass is 9.88. The van der Waals surface area contributed by atoms with Crippen molar-refractivity contribution in [2.45, 2.75) is 71.2 Å². The second-order valence-corrected chi connectivity index (χ2v) is 5.60. The van der Waals surface area contributed by atoms with E-state index >= 15 is 0 Å². The summed E-state index contributed by atoms with van der Waals surface area (Å²) in [7, 11) is 0. The highest BCUT2D eigenvalue weighted by Gasteiger charge is 2.33. The van der Waals surface area contributed by atoms with Crippen molar-refractivity contribution in [3.8, 4) is 0 Å². The molecule has 0 aromatic carbocycles. The van der Waals surface area contributed by atoms with Crippen molar-refractivity contribution in [3.05, 3.63) is 11.6 Å². The summed E-state index contributed by atoms with van der Waals surface area (Å²) in [5.41, 5.74) is 7.40. The first kappa shape index (κ1) is 18.1. The molecular weight excluding hydrogens is 268 g/mol. The van der Waals surface area contributed by atoms with Crippen LogP contribution in [0.15, 0.2) is 11.6 Å². The Morgan fingerprint density at radius 2 is 2.10 bits per heavy atom. The normalized spacial score (nSPS) is 25.8. The van der Waals surface area contributed by atoms with Gasteiger partial charge < -0.3 is 20.5 Å². The fourth-order valence-electron chi connectivity index (χ4n) is 2.67. The number of hydrogen-bond acceptors (Lipinski definition) is 4. The number of carbonyl (C=O) groups excluding carboxylic acids is 1. The van der Waals surface area contributed by atoms with Crippen molar-refractivity contribution in [2.24, 2.45) is 5.73 Å². The van der Waals surface area contributed by atoms with Gasteiger partial charge in [0.2, 0.25) is 5.91 Å². The van der Waals surface area contributed by atoms with Gasteiger partial charge in [-0.25, -0.2) is 0 Å². The molecule has 0 aromatic rings. The molecule has 1 rings (SSSR count). The van der Waals surface area contributed by atoms with E-state index in [1.54, 1.807) is 0 Å². The Bertz CT molecular complexity index is 353. The summed E-state index contributed by atoms with van der Waals surface area (Å²) >= 11 is 0. The molecule has 0 saturated heterocycles. The molecule has 1 amide bonds. The van der Waals surface area contributed by atoms with Crippen molar-refractivity contribution in [2.75, 3.05) is 13.2 Å². The minimum atomic E-state index is -0.182. The number of hydrogen-bond donors (Lipinski definition) is 2. The number of amides is 1. The van der Waals surface area contributed by atoms with Crippen molar-refractivity contribution in [1.82, 2.24) is 5.32 Å². The zero-order valence-corrected chi connectivity index (χ0v) is 13.7. The van der Waals surface area contributed by atoms with Crippen LogP contribution >= 0.6 is 0 Å². The van der Waals surface area contributed by atoms with Crippen molar-refractivity contribution < 1.29 is 14.3 Å². The Morgan fingerprint density at radius 3 is 2.62 bits per heavy atom. The van der Waals surface area contributed by atoms with Crippen LogP contribution in [-0.2, 0) is 14.3 Å². The van der Waals surface area contributed by atoms with Crippen LogP contribution in [0.25, 0.3) is 0 Å². The standard InChI is InChI=1S/C16H30N2O3/c1-5-13(6-2)21-15-9-12(10-20-7-3)8-14(17)16(15)18-11(4)19/h9,13-16H,5-8,10,17H2,1-4H3,(H,18,19)/t14-,15+,16+/m0/s1. The monoisotopic (exact) mass is 298 g/mol. The van der Waals surface area contributed by atoms with Gasteiger partial charge in [0.25, 0.3) is 0 Å². The topological polar surface area (TPSA) is 73.6 Å². The van der Waals surface area contributed by atoms with E-state index in [-0.39, 0.29) is 30.2 Å². The van der Waals surface area contributed by atoms with Crippen molar-refractivity contribution in [1.29, 1.82) is 0 Å². The first-order chi connectivity index (χ1) is 10.0. The van der Waals surface area contributed by atoms with Gasteiger partial charge in [0.15, 0.2) is 0 Å². The first-order valence-corrected chi connectivity index (χ1v) is 7.97. The fraction of sp³-hybridized carbons (Fsp3) is 0.812. The Morgan fingerprint density at radius 1 is 1.43 bits per heavy atom. The molecule has 122 valence electrons.